The van der Waals surface area contributed by atoms with Crippen molar-refractivity contribution in [3.05, 3.63) is 296 Å². The maximum Gasteiger partial charge on any atom is 0.494 e. The maximum atomic E-state index is 6.39. The molecule has 98 heavy (non-hydrogen) atoms. The molecule has 6 nitrogen and oxygen atoms in total. The molecule has 1 saturated heterocycles. The van der Waals surface area contributed by atoms with E-state index in [1.807, 2.05) is 28.7 Å². The van der Waals surface area contributed by atoms with Crippen LogP contribution in [0, 0.1) is 0 Å². The fraction of sp³-hybridized carbons (Fsp3) is 0.0682. The molecule has 10 heteroatoms. The molecule has 0 bridgehead atoms. The lowest BCUT2D eigenvalue weighted by Gasteiger charge is -2.32. The van der Waals surface area contributed by atoms with Gasteiger partial charge in [0.05, 0.1) is 44.3 Å². The van der Waals surface area contributed by atoms with Gasteiger partial charge in [0.15, 0.2) is 0 Å². The Bertz CT molecular complexity index is 6690. The van der Waals surface area contributed by atoms with E-state index in [9.17, 15) is 0 Å². The minimum Gasteiger partial charge on any atom is -0.399 e. The molecule has 1 fully saturated rings. The molecule has 0 spiro atoms. The number of imidazole rings is 2. The topological polar surface area (TPSA) is 53.1 Å². The molecule has 20 aromatic rings. The zero-order chi connectivity index (χ0) is 65.5. The molecule has 0 atom stereocenters. The summed E-state index contributed by atoms with van der Waals surface area (Å²) >= 11 is 7.32. The largest absolute Gasteiger partial charge is 0.494 e. The van der Waals surface area contributed by atoms with E-state index in [2.05, 4.69) is 338 Å². The van der Waals surface area contributed by atoms with Crippen molar-refractivity contribution in [2.45, 2.75) is 38.9 Å². The standard InChI is InChI=1S/C41H24N2S.C29H25BN2O2.C18H11BrS/c1-2-12-29-25(9-1)19-22-34-39(29)33-21-20-27(24-37(33)43-36-17-5-4-16-35(36)42-41(34)43)26-10-7-11-28(23-26)30-14-8-15-32-31-13-3-6-18-38(31)44-40(30)32;1-28(2)29(3,4)34-30(33-28)19-14-16-21-25(17-19)32-24-12-8-7-11-23(24)31-27(32)22-15-13-18-9-5-6-10-20(18)26(21)22;19-13-6-3-5-12(11-13)14-8-4-9-16-15-7-1-2-10-17(15)20-18(14)16/h1-24H;5-17H,1-4H3;1-11H. The van der Waals surface area contributed by atoms with Crippen LogP contribution in [0.15, 0.2) is 296 Å². The van der Waals surface area contributed by atoms with Gasteiger partial charge >= 0.3 is 7.12 Å². The lowest BCUT2D eigenvalue weighted by atomic mass is 9.78. The smallest absolute Gasteiger partial charge is 0.399 e. The molecule has 0 amide bonds. The first-order chi connectivity index (χ1) is 48.0. The Morgan fingerprint density at radius 3 is 1.33 bits per heavy atom. The Morgan fingerprint density at radius 1 is 0.337 bits per heavy atom. The second-order valence-electron chi connectivity index (χ2n) is 26.7. The molecular formula is C88H60BBrN4O2S2. The minimum absolute atomic E-state index is 0.386. The van der Waals surface area contributed by atoms with Crippen LogP contribution in [0.3, 0.4) is 0 Å². The number of hydrogen-bond acceptors (Lipinski definition) is 6. The van der Waals surface area contributed by atoms with Crippen molar-refractivity contribution in [3.63, 3.8) is 0 Å². The van der Waals surface area contributed by atoms with Crippen LogP contribution in [0.5, 0.6) is 0 Å². The molecule has 21 rings (SSSR count). The monoisotopic (exact) mass is 1360 g/mol. The van der Waals surface area contributed by atoms with Gasteiger partial charge in [-0.25, -0.2) is 9.97 Å². The second-order valence-corrected chi connectivity index (χ2v) is 29.7. The summed E-state index contributed by atoms with van der Waals surface area (Å²) in [6.07, 6.45) is 0. The summed E-state index contributed by atoms with van der Waals surface area (Å²) in [6.45, 7) is 8.37. The van der Waals surface area contributed by atoms with Gasteiger partial charge in [0.2, 0.25) is 0 Å². The van der Waals surface area contributed by atoms with Crippen molar-refractivity contribution in [2.24, 2.45) is 0 Å². The van der Waals surface area contributed by atoms with E-state index in [0.717, 1.165) is 54.2 Å². The van der Waals surface area contributed by atoms with Crippen LogP contribution < -0.4 is 5.46 Å². The van der Waals surface area contributed by atoms with Crippen molar-refractivity contribution >= 4 is 190 Å². The molecular weight excluding hydrogens is 1300 g/mol. The number of aromatic nitrogens is 4. The maximum absolute atomic E-state index is 6.39. The van der Waals surface area contributed by atoms with Crippen LogP contribution in [0.2, 0.25) is 0 Å². The van der Waals surface area contributed by atoms with Gasteiger partial charge in [0.25, 0.3) is 0 Å². The SMILES string of the molecule is Brc1cccc(-c2cccc3c2sc2ccccc23)c1.CC1(C)OB(c2ccc3c4c5ccccc5ccc4c4nc5ccccc5n4c3c2)OC1(C)C.c1cc(-c2ccc3c4c5ccccc5ccc4c4nc5ccccc5n4c3c2)cc(-c2cccc3c2sc2ccccc23)c1. The Kier molecular flexibility index (Phi) is 13.7. The highest BCUT2D eigenvalue weighted by Crippen LogP contribution is 2.45. The number of hydrogen-bond donors (Lipinski definition) is 0. The van der Waals surface area contributed by atoms with Crippen LogP contribution in [0.4, 0.5) is 0 Å². The number of pyridine rings is 2. The molecule has 0 unspecified atom stereocenters. The zero-order valence-electron chi connectivity index (χ0n) is 54.1. The molecule has 0 N–H and O–H groups in total. The molecule has 0 saturated carbocycles. The average Bonchev–Trinajstić information content (AvgIpc) is 1.39. The number of fused-ring (bicyclic) bond motifs is 26. The highest BCUT2D eigenvalue weighted by molar-refractivity contribution is 9.10. The quantitative estimate of drug-likeness (QED) is 0.130. The van der Waals surface area contributed by atoms with Gasteiger partial charge in [-0.2, -0.15) is 0 Å². The summed E-state index contributed by atoms with van der Waals surface area (Å²) in [5.74, 6) is 0. The first-order valence-corrected chi connectivity index (χ1v) is 35.7. The molecule has 466 valence electrons. The van der Waals surface area contributed by atoms with E-state index < -0.39 is 7.12 Å². The number of nitrogens with zero attached hydrogens (tertiary/aromatic N) is 4. The molecule has 0 radical (unpaired) electrons. The Morgan fingerprint density at radius 2 is 0.765 bits per heavy atom. The van der Waals surface area contributed by atoms with E-state index in [0.29, 0.717) is 0 Å². The van der Waals surface area contributed by atoms with Gasteiger partial charge < -0.3 is 9.31 Å². The van der Waals surface area contributed by atoms with Gasteiger partial charge in [0.1, 0.15) is 11.3 Å². The summed E-state index contributed by atoms with van der Waals surface area (Å²) < 4.78 is 23.9. The Hall–Kier alpha value is -10.6. The van der Waals surface area contributed by atoms with Crippen molar-refractivity contribution in [2.75, 3.05) is 0 Å². The molecule has 1 aliphatic heterocycles. The van der Waals surface area contributed by atoms with Crippen LogP contribution in [0.1, 0.15) is 27.7 Å². The third-order valence-corrected chi connectivity index (χ3v) is 23.4. The van der Waals surface area contributed by atoms with Crippen LogP contribution in [0.25, 0.3) is 172 Å². The average molecular weight is 1360 g/mol. The second kappa shape index (κ2) is 22.8. The van der Waals surface area contributed by atoms with E-state index in [-0.39, 0.29) is 11.2 Å². The van der Waals surface area contributed by atoms with E-state index >= 15 is 0 Å². The van der Waals surface area contributed by atoms with Gasteiger partial charge in [0, 0.05) is 77.1 Å². The number of para-hydroxylation sites is 4. The first kappa shape index (κ1) is 58.8. The van der Waals surface area contributed by atoms with Crippen LogP contribution in [-0.4, -0.2) is 37.1 Å². The fourth-order valence-corrected chi connectivity index (χ4v) is 17.9. The summed E-state index contributed by atoms with van der Waals surface area (Å²) in [6, 6.07) is 105. The van der Waals surface area contributed by atoms with Gasteiger partial charge in [-0.3, -0.25) is 8.80 Å². The lowest BCUT2D eigenvalue weighted by molar-refractivity contribution is 0.00578. The van der Waals surface area contributed by atoms with E-state index in [1.165, 1.54) is 128 Å². The van der Waals surface area contributed by atoms with Gasteiger partial charge in [-0.05, 0) is 167 Å². The van der Waals surface area contributed by atoms with Crippen LogP contribution >= 0.6 is 38.6 Å². The predicted octanol–water partition coefficient (Wildman–Crippen LogP) is 24.4. The minimum atomic E-state index is -0.414. The third kappa shape index (κ3) is 9.41. The lowest BCUT2D eigenvalue weighted by Crippen LogP contribution is -2.41. The summed E-state index contributed by atoms with van der Waals surface area (Å²) in [7, 11) is -0.414. The number of thiophene rings is 2. The summed E-state index contributed by atoms with van der Waals surface area (Å²) in [5.41, 5.74) is 16.2. The number of benzene rings is 14. The Balaban J connectivity index is 0.000000110. The van der Waals surface area contributed by atoms with E-state index in [1.54, 1.807) is 0 Å². The first-order valence-electron chi connectivity index (χ1n) is 33.3. The predicted molar refractivity (Wildman–Crippen MR) is 422 cm³/mol. The van der Waals surface area contributed by atoms with Crippen molar-refractivity contribution in [1.29, 1.82) is 0 Å². The zero-order valence-corrected chi connectivity index (χ0v) is 57.3. The van der Waals surface area contributed by atoms with Gasteiger partial charge in [-0.15, -0.1) is 22.7 Å². The van der Waals surface area contributed by atoms with Crippen molar-refractivity contribution in [3.8, 4) is 33.4 Å². The summed E-state index contributed by atoms with van der Waals surface area (Å²) in [5, 5.41) is 17.6. The van der Waals surface area contributed by atoms with Crippen molar-refractivity contribution < 1.29 is 9.31 Å². The molecule has 7 heterocycles. The van der Waals surface area contributed by atoms with Gasteiger partial charge in [-0.1, -0.05) is 228 Å². The number of rotatable bonds is 4. The van der Waals surface area contributed by atoms with Crippen LogP contribution in [-0.2, 0) is 9.31 Å². The highest BCUT2D eigenvalue weighted by Gasteiger charge is 2.52. The Labute approximate surface area is 581 Å². The molecule has 14 aromatic carbocycles. The molecule has 1 aliphatic rings. The third-order valence-electron chi connectivity index (χ3n) is 20.5. The van der Waals surface area contributed by atoms with E-state index in [4.69, 9.17) is 19.3 Å². The normalized spacial score (nSPS) is 13.8. The number of halogens is 1. The summed E-state index contributed by atoms with van der Waals surface area (Å²) in [4.78, 5) is 10.2. The molecule has 0 aliphatic carbocycles. The molecule has 6 aromatic heterocycles. The van der Waals surface area contributed by atoms with Crippen molar-refractivity contribution in [1.82, 2.24) is 18.8 Å². The highest BCUT2D eigenvalue weighted by atomic mass is 79.9. The fourth-order valence-electron chi connectivity index (χ4n) is 15.0.